The van der Waals surface area contributed by atoms with Gasteiger partial charge in [0.2, 0.25) is 5.91 Å². The van der Waals surface area contributed by atoms with Crippen molar-refractivity contribution in [2.75, 3.05) is 20.3 Å². The molecule has 4 heterocycles. The number of rotatable bonds is 8. The average Bonchev–Trinajstić information content (AvgIpc) is 3.24. The molecule has 5 rings (SSSR count). The molecule has 4 aliphatic rings. The highest BCUT2D eigenvalue weighted by Crippen LogP contribution is 2.54. The van der Waals surface area contributed by atoms with Gasteiger partial charge in [0, 0.05) is 12.5 Å². The summed E-state index contributed by atoms with van der Waals surface area (Å²) in [5, 5.41) is 0. The fourth-order valence-electron chi connectivity index (χ4n) is 7.40. The number of methoxy groups -OCH3 is 1. The molecular weight excluding hydrogens is 583 g/mol. The summed E-state index contributed by atoms with van der Waals surface area (Å²) in [5.74, 6) is -0.612. The van der Waals surface area contributed by atoms with E-state index in [1.54, 1.807) is 13.2 Å². The van der Waals surface area contributed by atoms with Gasteiger partial charge < -0.3 is 27.2 Å². The van der Waals surface area contributed by atoms with Gasteiger partial charge in [-0.25, -0.2) is 0 Å². The average molecular weight is 632 g/mol. The summed E-state index contributed by atoms with van der Waals surface area (Å²) in [7, 11) is -4.07. The number of carbonyl (C=O) groups excluding carboxylic acids is 2. The van der Waals surface area contributed by atoms with Crippen molar-refractivity contribution < 1.29 is 36.8 Å². The quantitative estimate of drug-likeness (QED) is 0.270. The number of carbonyl (C=O) groups is 2. The van der Waals surface area contributed by atoms with Crippen LogP contribution in [0.2, 0.25) is 22.2 Å². The third-order valence-electron chi connectivity index (χ3n) is 9.90. The molecule has 1 aromatic carbocycles. The molecular formula is C32H49NO8Si2. The van der Waals surface area contributed by atoms with Crippen LogP contribution in [0, 0.1) is 5.92 Å². The largest absolute Gasteiger partial charge is 0.497 e. The summed E-state index contributed by atoms with van der Waals surface area (Å²) in [6.07, 6.45) is 2.40. The van der Waals surface area contributed by atoms with E-state index in [0.717, 1.165) is 5.56 Å². The Morgan fingerprint density at radius 1 is 0.930 bits per heavy atom. The molecule has 3 fully saturated rings. The number of amides is 2. The molecule has 43 heavy (non-hydrogen) atoms. The highest BCUT2D eigenvalue weighted by molar-refractivity contribution is 6.84. The lowest BCUT2D eigenvalue weighted by Gasteiger charge is -2.54. The smallest absolute Gasteiger partial charge is 0.335 e. The molecule has 1 aromatic rings. The molecule has 0 aromatic heterocycles. The zero-order chi connectivity index (χ0) is 31.3. The molecule has 5 atom stereocenters. The minimum atomic E-state index is -2.92. The molecule has 3 saturated heterocycles. The van der Waals surface area contributed by atoms with E-state index in [0.29, 0.717) is 25.4 Å². The lowest BCUT2D eigenvalue weighted by Crippen LogP contribution is -2.69. The molecule has 1 spiro atoms. The van der Waals surface area contributed by atoms with Gasteiger partial charge >= 0.3 is 17.1 Å². The summed E-state index contributed by atoms with van der Waals surface area (Å²) in [6.45, 7) is 18.6. The second-order valence-electron chi connectivity index (χ2n) is 13.7. The lowest BCUT2D eigenvalue weighted by molar-refractivity contribution is -0.216. The van der Waals surface area contributed by atoms with Crippen molar-refractivity contribution in [3.63, 3.8) is 0 Å². The minimum absolute atomic E-state index is 0.157. The Morgan fingerprint density at radius 3 is 2.05 bits per heavy atom. The normalized spacial score (nSPS) is 32.0. The Balaban J connectivity index is 1.50. The Hall–Kier alpha value is -1.87. The molecule has 4 aliphatic heterocycles. The maximum absolute atomic E-state index is 14.1. The van der Waals surface area contributed by atoms with Crippen molar-refractivity contribution in [3.05, 3.63) is 42.0 Å². The third kappa shape index (κ3) is 5.38. The summed E-state index contributed by atoms with van der Waals surface area (Å²) in [5.41, 5.74) is 0.746. The van der Waals surface area contributed by atoms with Gasteiger partial charge in [0.15, 0.2) is 0 Å². The molecule has 11 heteroatoms. The van der Waals surface area contributed by atoms with Gasteiger partial charge in [0.05, 0.1) is 32.8 Å². The van der Waals surface area contributed by atoms with E-state index in [4.69, 9.17) is 27.2 Å². The number of ether oxygens (including phenoxy) is 3. The Labute approximate surface area is 258 Å². The molecule has 0 radical (unpaired) electrons. The van der Waals surface area contributed by atoms with Crippen LogP contribution in [-0.2, 0) is 38.6 Å². The summed E-state index contributed by atoms with van der Waals surface area (Å²) in [6, 6.07) is 7.38. The first-order chi connectivity index (χ1) is 20.3. The number of benzene rings is 1. The van der Waals surface area contributed by atoms with Gasteiger partial charge in [0.1, 0.15) is 29.7 Å². The summed E-state index contributed by atoms with van der Waals surface area (Å²) in [4.78, 5) is 28.3. The second kappa shape index (κ2) is 12.1. The topological polar surface area (TPSA) is 92.8 Å². The number of fused-ring (bicyclic) bond motifs is 2. The van der Waals surface area contributed by atoms with Gasteiger partial charge in [-0.05, 0) is 39.9 Å². The Kier molecular flexibility index (Phi) is 9.19. The van der Waals surface area contributed by atoms with Crippen LogP contribution in [-0.4, -0.2) is 78.1 Å². The van der Waals surface area contributed by atoms with Crippen LogP contribution in [0.15, 0.2) is 36.4 Å². The molecule has 0 aliphatic carbocycles. The molecule has 238 valence electrons. The van der Waals surface area contributed by atoms with Gasteiger partial charge in [0.25, 0.3) is 5.91 Å². The van der Waals surface area contributed by atoms with E-state index >= 15 is 0 Å². The number of imide groups is 1. The number of hydrogen-bond donors (Lipinski definition) is 0. The van der Waals surface area contributed by atoms with Crippen LogP contribution < -0.4 is 4.74 Å². The number of hydrogen-bond acceptors (Lipinski definition) is 8. The monoisotopic (exact) mass is 631 g/mol. The third-order valence-corrected chi connectivity index (χ3v) is 20.1. The zero-order valence-corrected chi connectivity index (χ0v) is 29.1. The highest BCUT2D eigenvalue weighted by atomic mass is 28.5. The van der Waals surface area contributed by atoms with E-state index in [1.165, 1.54) is 11.0 Å². The SMILES string of the molecule is COc1ccc(CN2C(=O)C=CC([C@@H]3O[C@@H]4CO[Si](C(C)C)(C(C)C)O[Si](C(C)C)(C(C)C)O[C@H]4[C@]34CCO4)C2=O)cc1. The summed E-state index contributed by atoms with van der Waals surface area (Å²) >= 11 is 0. The van der Waals surface area contributed by atoms with Gasteiger partial charge in [-0.1, -0.05) is 73.6 Å². The van der Waals surface area contributed by atoms with Crippen molar-refractivity contribution >= 4 is 28.9 Å². The van der Waals surface area contributed by atoms with E-state index in [-0.39, 0.29) is 40.5 Å². The van der Waals surface area contributed by atoms with E-state index in [9.17, 15) is 9.59 Å². The van der Waals surface area contributed by atoms with E-state index in [1.807, 2.05) is 24.3 Å². The fraction of sp³-hybridized carbons (Fsp3) is 0.688. The first kappa shape index (κ1) is 32.5. The maximum atomic E-state index is 14.1. The predicted molar refractivity (Wildman–Crippen MR) is 167 cm³/mol. The first-order valence-electron chi connectivity index (χ1n) is 15.8. The van der Waals surface area contributed by atoms with Crippen LogP contribution in [0.3, 0.4) is 0 Å². The lowest BCUT2D eigenvalue weighted by atomic mass is 9.77. The molecule has 0 saturated carbocycles. The molecule has 1 unspecified atom stereocenters. The first-order valence-corrected chi connectivity index (χ1v) is 19.7. The molecule has 0 N–H and O–H groups in total. The number of nitrogens with zero attached hydrogens (tertiary/aromatic N) is 1. The van der Waals surface area contributed by atoms with Gasteiger partial charge in [-0.15, -0.1) is 0 Å². The van der Waals surface area contributed by atoms with Crippen LogP contribution in [0.25, 0.3) is 0 Å². The highest BCUT2D eigenvalue weighted by Gasteiger charge is 2.69. The van der Waals surface area contributed by atoms with Gasteiger partial charge in [-0.3, -0.25) is 14.5 Å². The fourth-order valence-corrected chi connectivity index (χ4v) is 18.6. The maximum Gasteiger partial charge on any atom is 0.335 e. The minimum Gasteiger partial charge on any atom is -0.497 e. The second-order valence-corrected chi connectivity index (χ2v) is 22.5. The van der Waals surface area contributed by atoms with Crippen molar-refractivity contribution in [3.8, 4) is 5.75 Å². The van der Waals surface area contributed by atoms with Crippen molar-refractivity contribution in [2.45, 2.75) is 114 Å². The van der Waals surface area contributed by atoms with Crippen molar-refractivity contribution in [1.29, 1.82) is 0 Å². The van der Waals surface area contributed by atoms with Crippen molar-refractivity contribution in [2.24, 2.45) is 5.92 Å². The molecule has 0 bridgehead atoms. The Bertz CT molecular complexity index is 1200. The van der Waals surface area contributed by atoms with Gasteiger partial charge in [-0.2, -0.15) is 0 Å². The predicted octanol–water partition coefficient (Wildman–Crippen LogP) is 5.62. The molecule has 9 nitrogen and oxygen atoms in total. The summed E-state index contributed by atoms with van der Waals surface area (Å²) < 4.78 is 40.2. The van der Waals surface area contributed by atoms with E-state index in [2.05, 4.69) is 55.4 Å². The van der Waals surface area contributed by atoms with Crippen LogP contribution in [0.4, 0.5) is 0 Å². The van der Waals surface area contributed by atoms with Crippen LogP contribution in [0.1, 0.15) is 67.4 Å². The van der Waals surface area contributed by atoms with Crippen LogP contribution >= 0.6 is 0 Å². The zero-order valence-electron chi connectivity index (χ0n) is 27.1. The Morgan fingerprint density at radius 2 is 1.53 bits per heavy atom. The van der Waals surface area contributed by atoms with Crippen LogP contribution in [0.5, 0.6) is 5.75 Å². The molecule has 2 amide bonds. The van der Waals surface area contributed by atoms with Crippen molar-refractivity contribution in [1.82, 2.24) is 4.90 Å². The standard InChI is InChI=1S/C32H49NO8Si2/c1-20(2)42(21(3)4)38-19-27-30(40-43(41-42,22(5)6)23(7)8)32(16-17-37-32)29(39-27)26-14-15-28(34)33(31(26)35)18-24-10-12-25(36-9)13-11-24/h10-15,20-23,26-27,29-30H,16-19H2,1-9H3/t26?,27-,29+,30-,32+/m1/s1. The van der Waals surface area contributed by atoms with E-state index < -0.39 is 47.0 Å².